The fraction of sp³-hybridized carbons (Fsp3) is 0.500. The Morgan fingerprint density at radius 2 is 2.11 bits per heavy atom. The highest BCUT2D eigenvalue weighted by Gasteiger charge is 2.22. The maximum atomic E-state index is 12.2. The lowest BCUT2D eigenvalue weighted by molar-refractivity contribution is -0.133. The first-order valence-corrected chi connectivity index (χ1v) is 6.34. The highest BCUT2D eigenvalue weighted by atomic mass is 35.5. The molecule has 0 aliphatic carbocycles. The Hall–Kier alpha value is -1.26. The molecule has 1 saturated heterocycles. The Morgan fingerprint density at radius 3 is 2.68 bits per heavy atom. The molecule has 1 heterocycles. The van der Waals surface area contributed by atoms with Crippen LogP contribution < -0.4 is 10.1 Å². The van der Waals surface area contributed by atoms with E-state index in [2.05, 4.69) is 12.2 Å². The number of carbonyl (C=O) groups is 1. The van der Waals surface area contributed by atoms with E-state index in [0.29, 0.717) is 6.42 Å². The van der Waals surface area contributed by atoms with Crippen molar-refractivity contribution in [3.63, 3.8) is 0 Å². The number of nitrogens with one attached hydrogen (secondary N) is 1. The zero-order chi connectivity index (χ0) is 13.0. The van der Waals surface area contributed by atoms with Gasteiger partial charge in [0, 0.05) is 25.7 Å². The van der Waals surface area contributed by atoms with Crippen LogP contribution >= 0.6 is 12.4 Å². The van der Waals surface area contributed by atoms with E-state index in [-0.39, 0.29) is 24.4 Å². The quantitative estimate of drug-likeness (QED) is 0.914. The summed E-state index contributed by atoms with van der Waals surface area (Å²) >= 11 is 0. The molecule has 0 saturated carbocycles. The second-order valence-electron chi connectivity index (χ2n) is 4.67. The Morgan fingerprint density at radius 1 is 1.42 bits per heavy atom. The molecule has 1 atom stereocenters. The highest BCUT2D eigenvalue weighted by Crippen LogP contribution is 2.13. The van der Waals surface area contributed by atoms with E-state index in [9.17, 15) is 4.79 Å². The summed E-state index contributed by atoms with van der Waals surface area (Å²) in [6.45, 7) is 4.65. The summed E-state index contributed by atoms with van der Waals surface area (Å²) in [5, 5.41) is 3.29. The molecule has 106 valence electrons. The van der Waals surface area contributed by atoms with E-state index in [0.717, 1.165) is 30.9 Å². The molecule has 1 amide bonds. The van der Waals surface area contributed by atoms with Crippen molar-refractivity contribution in [1.29, 1.82) is 0 Å². The molecule has 1 aliphatic heterocycles. The van der Waals surface area contributed by atoms with E-state index in [4.69, 9.17) is 4.74 Å². The van der Waals surface area contributed by atoms with Crippen LogP contribution in [0.3, 0.4) is 0 Å². The maximum absolute atomic E-state index is 12.2. The number of nitrogens with zero attached hydrogens (tertiary/aromatic N) is 1. The SMILES string of the molecule is COc1ccc(CC(=O)N2CCNC[C@H]2C)cc1.Cl. The third kappa shape index (κ3) is 4.11. The fourth-order valence-electron chi connectivity index (χ4n) is 2.23. The highest BCUT2D eigenvalue weighted by molar-refractivity contribution is 5.85. The largest absolute Gasteiger partial charge is 0.497 e. The number of carbonyl (C=O) groups excluding carboxylic acids is 1. The average Bonchev–Trinajstić information content (AvgIpc) is 2.40. The van der Waals surface area contributed by atoms with Crippen molar-refractivity contribution in [2.24, 2.45) is 0 Å². The predicted octanol–water partition coefficient (Wildman–Crippen LogP) is 1.48. The Kier molecular flexibility index (Phi) is 6.12. The maximum Gasteiger partial charge on any atom is 0.227 e. The summed E-state index contributed by atoms with van der Waals surface area (Å²) in [4.78, 5) is 14.2. The van der Waals surface area contributed by atoms with Gasteiger partial charge in [0.15, 0.2) is 0 Å². The van der Waals surface area contributed by atoms with Gasteiger partial charge in [-0.05, 0) is 24.6 Å². The lowest BCUT2D eigenvalue weighted by Gasteiger charge is -2.34. The lowest BCUT2D eigenvalue weighted by atomic mass is 10.1. The van der Waals surface area contributed by atoms with E-state index in [1.807, 2.05) is 29.2 Å². The average molecular weight is 285 g/mol. The van der Waals surface area contributed by atoms with Crippen molar-refractivity contribution < 1.29 is 9.53 Å². The van der Waals surface area contributed by atoms with Crippen LogP contribution in [-0.2, 0) is 11.2 Å². The lowest BCUT2D eigenvalue weighted by Crippen LogP contribution is -2.52. The molecule has 1 fully saturated rings. The predicted molar refractivity (Wildman–Crippen MR) is 78.0 cm³/mol. The molecule has 0 aromatic heterocycles. The van der Waals surface area contributed by atoms with Gasteiger partial charge in [0.2, 0.25) is 5.91 Å². The van der Waals surface area contributed by atoms with Gasteiger partial charge in [-0.3, -0.25) is 4.79 Å². The number of methoxy groups -OCH3 is 1. The van der Waals surface area contributed by atoms with Crippen molar-refractivity contribution in [3.05, 3.63) is 29.8 Å². The summed E-state index contributed by atoms with van der Waals surface area (Å²) in [6, 6.07) is 7.96. The zero-order valence-electron chi connectivity index (χ0n) is 11.4. The molecule has 0 radical (unpaired) electrons. The topological polar surface area (TPSA) is 41.6 Å². The summed E-state index contributed by atoms with van der Waals surface area (Å²) in [6.07, 6.45) is 0.467. The number of halogens is 1. The number of amides is 1. The minimum atomic E-state index is 0. The molecule has 0 bridgehead atoms. The number of rotatable bonds is 3. The molecule has 0 spiro atoms. The van der Waals surface area contributed by atoms with Crippen molar-refractivity contribution in [3.8, 4) is 5.75 Å². The first-order chi connectivity index (χ1) is 8.70. The van der Waals surface area contributed by atoms with E-state index in [1.165, 1.54) is 0 Å². The van der Waals surface area contributed by atoms with E-state index < -0.39 is 0 Å². The third-order valence-corrected chi connectivity index (χ3v) is 3.34. The van der Waals surface area contributed by atoms with Gasteiger partial charge in [-0.2, -0.15) is 0 Å². The van der Waals surface area contributed by atoms with Crippen LogP contribution in [-0.4, -0.2) is 43.6 Å². The standard InChI is InChI=1S/C14H20N2O2.ClH/c1-11-10-15-7-8-16(11)14(17)9-12-3-5-13(18-2)6-4-12;/h3-6,11,15H,7-10H2,1-2H3;1H/t11-;/m1./s1. The number of benzene rings is 1. The van der Waals surface area contributed by atoms with Gasteiger partial charge in [0.05, 0.1) is 13.5 Å². The molecule has 19 heavy (non-hydrogen) atoms. The molecular formula is C14H21ClN2O2. The van der Waals surface area contributed by atoms with Gasteiger partial charge in [0.1, 0.15) is 5.75 Å². The smallest absolute Gasteiger partial charge is 0.227 e. The second-order valence-corrected chi connectivity index (χ2v) is 4.67. The number of hydrogen-bond acceptors (Lipinski definition) is 3. The van der Waals surface area contributed by atoms with Crippen LogP contribution in [0.4, 0.5) is 0 Å². The fourth-order valence-corrected chi connectivity index (χ4v) is 2.23. The van der Waals surface area contributed by atoms with Crippen LogP contribution in [0.2, 0.25) is 0 Å². The number of piperazine rings is 1. The van der Waals surface area contributed by atoms with Gasteiger partial charge < -0.3 is 15.0 Å². The minimum absolute atomic E-state index is 0. The first-order valence-electron chi connectivity index (χ1n) is 6.34. The molecule has 4 nitrogen and oxygen atoms in total. The van der Waals surface area contributed by atoms with Gasteiger partial charge in [0.25, 0.3) is 0 Å². The summed E-state index contributed by atoms with van der Waals surface area (Å²) in [5.74, 6) is 1.02. The van der Waals surface area contributed by atoms with E-state index in [1.54, 1.807) is 7.11 Å². The molecule has 1 aromatic rings. The first kappa shape index (κ1) is 15.8. The summed E-state index contributed by atoms with van der Waals surface area (Å²) < 4.78 is 5.10. The zero-order valence-corrected chi connectivity index (χ0v) is 12.2. The molecule has 1 N–H and O–H groups in total. The van der Waals surface area contributed by atoms with Crippen LogP contribution in [0.5, 0.6) is 5.75 Å². The molecular weight excluding hydrogens is 264 g/mol. The molecule has 2 rings (SSSR count). The summed E-state index contributed by atoms with van der Waals surface area (Å²) in [7, 11) is 1.64. The molecule has 5 heteroatoms. The van der Waals surface area contributed by atoms with Crippen molar-refractivity contribution in [2.75, 3.05) is 26.7 Å². The van der Waals surface area contributed by atoms with Crippen molar-refractivity contribution in [1.82, 2.24) is 10.2 Å². The molecule has 1 aromatic carbocycles. The third-order valence-electron chi connectivity index (χ3n) is 3.34. The second kappa shape index (κ2) is 7.36. The Labute approximate surface area is 120 Å². The van der Waals surface area contributed by atoms with Gasteiger partial charge >= 0.3 is 0 Å². The van der Waals surface area contributed by atoms with Gasteiger partial charge in [-0.1, -0.05) is 12.1 Å². The van der Waals surface area contributed by atoms with Crippen LogP contribution in [0.1, 0.15) is 12.5 Å². The monoisotopic (exact) mass is 284 g/mol. The summed E-state index contributed by atoms with van der Waals surface area (Å²) in [5.41, 5.74) is 1.03. The van der Waals surface area contributed by atoms with Crippen molar-refractivity contribution >= 4 is 18.3 Å². The normalized spacial score (nSPS) is 18.6. The van der Waals surface area contributed by atoms with Crippen LogP contribution in [0.15, 0.2) is 24.3 Å². The molecule has 0 unspecified atom stereocenters. The molecule has 1 aliphatic rings. The van der Waals surface area contributed by atoms with Crippen LogP contribution in [0.25, 0.3) is 0 Å². The Balaban J connectivity index is 0.00000180. The van der Waals surface area contributed by atoms with Crippen LogP contribution in [0, 0.1) is 0 Å². The Bertz CT molecular complexity index is 408. The van der Waals surface area contributed by atoms with Gasteiger partial charge in [-0.25, -0.2) is 0 Å². The van der Waals surface area contributed by atoms with Crippen molar-refractivity contribution in [2.45, 2.75) is 19.4 Å². The minimum Gasteiger partial charge on any atom is -0.497 e. The van der Waals surface area contributed by atoms with Gasteiger partial charge in [-0.15, -0.1) is 12.4 Å². The number of hydrogen-bond donors (Lipinski definition) is 1. The number of ether oxygens (including phenoxy) is 1. The van der Waals surface area contributed by atoms with E-state index >= 15 is 0 Å².